The number of anilines is 1. The van der Waals surface area contributed by atoms with Crippen molar-refractivity contribution in [3.8, 4) is 0 Å². The quantitative estimate of drug-likeness (QED) is 0.862. The molecule has 0 N–H and O–H groups in total. The molecule has 3 heterocycles. The molecule has 3 rings (SSSR count). The summed E-state index contributed by atoms with van der Waals surface area (Å²) in [5.74, 6) is 1.08. The normalized spacial score (nSPS) is 14.3. The lowest BCUT2D eigenvalue weighted by atomic mass is 10.1. The van der Waals surface area contributed by atoms with E-state index in [1.807, 2.05) is 41.9 Å². The molecular formula is C17H23N5O. The molecule has 23 heavy (non-hydrogen) atoms. The lowest BCUT2D eigenvalue weighted by molar-refractivity contribution is 0.0753. The van der Waals surface area contributed by atoms with Gasteiger partial charge in [-0.25, -0.2) is 9.97 Å². The molecule has 0 saturated heterocycles. The van der Waals surface area contributed by atoms with Crippen molar-refractivity contribution >= 4 is 11.7 Å². The Bertz CT molecular complexity index is 709. The standard InChI is InChI=1S/C17H23N5O/c1-4-20(2)16-13-7-10-22(11-8-14(13)18-12-19-16)17(23)15-6-5-9-21(15)3/h5-6,9,12H,4,7-8,10-11H2,1-3H3. The number of carbonyl (C=O) groups excluding carboxylic acids is 1. The van der Waals surface area contributed by atoms with E-state index in [0.717, 1.165) is 36.6 Å². The van der Waals surface area contributed by atoms with Crippen molar-refractivity contribution in [1.29, 1.82) is 0 Å². The summed E-state index contributed by atoms with van der Waals surface area (Å²) in [5.41, 5.74) is 2.98. The van der Waals surface area contributed by atoms with Crippen LogP contribution in [0, 0.1) is 0 Å². The zero-order chi connectivity index (χ0) is 16.4. The van der Waals surface area contributed by atoms with Gasteiger partial charge in [-0.05, 0) is 25.5 Å². The maximum Gasteiger partial charge on any atom is 0.270 e. The molecular weight excluding hydrogens is 290 g/mol. The van der Waals surface area contributed by atoms with Gasteiger partial charge in [-0.3, -0.25) is 4.79 Å². The molecule has 0 unspecified atom stereocenters. The van der Waals surface area contributed by atoms with Crippen LogP contribution < -0.4 is 4.90 Å². The second kappa shape index (κ2) is 6.40. The van der Waals surface area contributed by atoms with Gasteiger partial charge in [0.15, 0.2) is 0 Å². The van der Waals surface area contributed by atoms with E-state index in [9.17, 15) is 4.79 Å². The first-order chi connectivity index (χ1) is 11.1. The molecule has 0 aliphatic carbocycles. The maximum absolute atomic E-state index is 12.7. The fourth-order valence-electron chi connectivity index (χ4n) is 3.04. The molecule has 2 aromatic rings. The van der Waals surface area contributed by atoms with Gasteiger partial charge in [-0.1, -0.05) is 0 Å². The lowest BCUT2D eigenvalue weighted by Crippen LogP contribution is -2.34. The third kappa shape index (κ3) is 2.93. The minimum atomic E-state index is 0.0867. The van der Waals surface area contributed by atoms with Crippen LogP contribution in [0.4, 0.5) is 5.82 Å². The molecule has 1 amide bonds. The minimum Gasteiger partial charge on any atom is -0.360 e. The topological polar surface area (TPSA) is 54.3 Å². The monoisotopic (exact) mass is 313 g/mol. The molecule has 6 heteroatoms. The highest BCUT2D eigenvalue weighted by Gasteiger charge is 2.24. The summed E-state index contributed by atoms with van der Waals surface area (Å²) in [7, 11) is 3.94. The van der Waals surface area contributed by atoms with E-state index in [1.54, 1.807) is 6.33 Å². The Morgan fingerprint density at radius 3 is 2.78 bits per heavy atom. The van der Waals surface area contributed by atoms with Gasteiger partial charge in [0, 0.05) is 51.9 Å². The Morgan fingerprint density at radius 1 is 1.30 bits per heavy atom. The number of hydrogen-bond donors (Lipinski definition) is 0. The number of hydrogen-bond acceptors (Lipinski definition) is 4. The number of aromatic nitrogens is 3. The summed E-state index contributed by atoms with van der Waals surface area (Å²) < 4.78 is 1.87. The highest BCUT2D eigenvalue weighted by molar-refractivity contribution is 5.92. The molecule has 6 nitrogen and oxygen atoms in total. The molecule has 0 bridgehead atoms. The number of nitrogens with zero attached hydrogens (tertiary/aromatic N) is 5. The summed E-state index contributed by atoms with van der Waals surface area (Å²) in [5, 5.41) is 0. The average Bonchev–Trinajstić information content (AvgIpc) is 2.87. The van der Waals surface area contributed by atoms with E-state index in [2.05, 4.69) is 21.8 Å². The van der Waals surface area contributed by atoms with Gasteiger partial charge in [0.05, 0.1) is 5.69 Å². The van der Waals surface area contributed by atoms with E-state index in [1.165, 1.54) is 5.56 Å². The van der Waals surface area contributed by atoms with Crippen LogP contribution >= 0.6 is 0 Å². The fraction of sp³-hybridized carbons (Fsp3) is 0.471. The number of aryl methyl sites for hydroxylation is 1. The number of fused-ring (bicyclic) bond motifs is 1. The van der Waals surface area contributed by atoms with Gasteiger partial charge in [0.25, 0.3) is 5.91 Å². The van der Waals surface area contributed by atoms with E-state index < -0.39 is 0 Å². The molecule has 2 aromatic heterocycles. The first kappa shape index (κ1) is 15.5. The molecule has 0 spiro atoms. The first-order valence-corrected chi connectivity index (χ1v) is 8.06. The number of amides is 1. The van der Waals surface area contributed by atoms with Crippen molar-refractivity contribution in [3.63, 3.8) is 0 Å². The molecule has 122 valence electrons. The SMILES string of the molecule is CCN(C)c1ncnc2c1CCN(C(=O)c1cccn1C)CC2. The van der Waals surface area contributed by atoms with Crippen molar-refractivity contribution in [1.82, 2.24) is 19.4 Å². The van der Waals surface area contributed by atoms with Gasteiger partial charge in [-0.15, -0.1) is 0 Å². The Hall–Kier alpha value is -2.37. The smallest absolute Gasteiger partial charge is 0.270 e. The molecule has 1 aliphatic rings. The summed E-state index contributed by atoms with van der Waals surface area (Å²) in [4.78, 5) is 25.7. The van der Waals surface area contributed by atoms with E-state index in [4.69, 9.17) is 0 Å². The Labute approximate surface area is 136 Å². The van der Waals surface area contributed by atoms with Crippen molar-refractivity contribution in [3.05, 3.63) is 41.6 Å². The molecule has 0 radical (unpaired) electrons. The largest absolute Gasteiger partial charge is 0.360 e. The third-order valence-corrected chi connectivity index (χ3v) is 4.55. The van der Waals surface area contributed by atoms with Gasteiger partial charge in [-0.2, -0.15) is 0 Å². The van der Waals surface area contributed by atoms with E-state index >= 15 is 0 Å². The van der Waals surface area contributed by atoms with Crippen LogP contribution in [0.25, 0.3) is 0 Å². The van der Waals surface area contributed by atoms with Crippen molar-refractivity contribution in [2.45, 2.75) is 19.8 Å². The summed E-state index contributed by atoms with van der Waals surface area (Å²) in [6, 6.07) is 3.77. The van der Waals surface area contributed by atoms with Gasteiger partial charge in [0.1, 0.15) is 17.8 Å². The van der Waals surface area contributed by atoms with Crippen molar-refractivity contribution in [2.75, 3.05) is 31.6 Å². The van der Waals surface area contributed by atoms with Crippen LogP contribution in [0.2, 0.25) is 0 Å². The summed E-state index contributed by atoms with van der Waals surface area (Å²) in [6.45, 7) is 4.41. The Kier molecular flexibility index (Phi) is 4.32. The van der Waals surface area contributed by atoms with Crippen molar-refractivity contribution < 1.29 is 4.79 Å². The second-order valence-electron chi connectivity index (χ2n) is 5.93. The summed E-state index contributed by atoms with van der Waals surface area (Å²) in [6.07, 6.45) is 5.11. The Balaban J connectivity index is 1.83. The van der Waals surface area contributed by atoms with E-state index in [-0.39, 0.29) is 5.91 Å². The second-order valence-corrected chi connectivity index (χ2v) is 5.93. The highest BCUT2D eigenvalue weighted by atomic mass is 16.2. The predicted octanol–water partition coefficient (Wildman–Crippen LogP) is 1.51. The van der Waals surface area contributed by atoms with Gasteiger partial charge in [0.2, 0.25) is 0 Å². The van der Waals surface area contributed by atoms with Gasteiger partial charge < -0.3 is 14.4 Å². The van der Waals surface area contributed by atoms with Crippen LogP contribution in [0.1, 0.15) is 28.7 Å². The van der Waals surface area contributed by atoms with Gasteiger partial charge >= 0.3 is 0 Å². The molecule has 0 fully saturated rings. The molecule has 1 aliphatic heterocycles. The van der Waals surface area contributed by atoms with E-state index in [0.29, 0.717) is 13.1 Å². The Morgan fingerprint density at radius 2 is 2.09 bits per heavy atom. The third-order valence-electron chi connectivity index (χ3n) is 4.55. The lowest BCUT2D eigenvalue weighted by Gasteiger charge is -2.21. The molecule has 0 aromatic carbocycles. The minimum absolute atomic E-state index is 0.0867. The van der Waals surface area contributed by atoms with Crippen LogP contribution in [0.15, 0.2) is 24.7 Å². The molecule has 0 atom stereocenters. The molecule has 0 saturated carbocycles. The van der Waals surface area contributed by atoms with Crippen molar-refractivity contribution in [2.24, 2.45) is 7.05 Å². The van der Waals surface area contributed by atoms with Crippen LogP contribution in [-0.2, 0) is 19.9 Å². The summed E-state index contributed by atoms with van der Waals surface area (Å²) >= 11 is 0. The number of carbonyl (C=O) groups is 1. The fourth-order valence-corrected chi connectivity index (χ4v) is 3.04. The van der Waals surface area contributed by atoms with Crippen LogP contribution in [0.5, 0.6) is 0 Å². The first-order valence-electron chi connectivity index (χ1n) is 8.06. The highest BCUT2D eigenvalue weighted by Crippen LogP contribution is 2.23. The average molecular weight is 313 g/mol. The number of rotatable bonds is 3. The zero-order valence-corrected chi connectivity index (χ0v) is 14.0. The zero-order valence-electron chi connectivity index (χ0n) is 14.0. The predicted molar refractivity (Wildman–Crippen MR) is 89.7 cm³/mol. The maximum atomic E-state index is 12.7. The van der Waals surface area contributed by atoms with Crippen LogP contribution in [0.3, 0.4) is 0 Å². The van der Waals surface area contributed by atoms with Crippen LogP contribution in [-0.4, -0.2) is 52.0 Å².